The van der Waals surface area contributed by atoms with Crippen molar-refractivity contribution in [3.63, 3.8) is 0 Å². The molecule has 1 aromatic carbocycles. The van der Waals surface area contributed by atoms with Crippen LogP contribution >= 0.6 is 0 Å². The number of nitrogens with zero attached hydrogens (tertiary/aromatic N) is 3. The molecule has 6 nitrogen and oxygen atoms in total. The molecule has 0 spiro atoms. The fourth-order valence-corrected chi connectivity index (χ4v) is 4.31. The molecule has 0 unspecified atom stereocenters. The Balaban J connectivity index is 1.28. The van der Waals surface area contributed by atoms with E-state index in [1.807, 2.05) is 24.4 Å². The van der Waals surface area contributed by atoms with E-state index in [4.69, 9.17) is 14.5 Å². The third-order valence-electron chi connectivity index (χ3n) is 5.82. The van der Waals surface area contributed by atoms with E-state index < -0.39 is 0 Å². The first kappa shape index (κ1) is 17.6. The van der Waals surface area contributed by atoms with Crippen molar-refractivity contribution in [2.24, 2.45) is 0 Å². The molecule has 28 heavy (non-hydrogen) atoms. The SMILES string of the molecule is COc1ccc2c(c1)C=C(CN1CCc3nc([C@@H]4CCCN4)ncc3C1)CO2. The van der Waals surface area contributed by atoms with Crippen LogP contribution in [-0.2, 0) is 13.0 Å². The van der Waals surface area contributed by atoms with Crippen molar-refractivity contribution >= 4 is 6.08 Å². The van der Waals surface area contributed by atoms with Gasteiger partial charge in [-0.3, -0.25) is 4.90 Å². The molecule has 4 heterocycles. The smallest absolute Gasteiger partial charge is 0.145 e. The Labute approximate surface area is 165 Å². The van der Waals surface area contributed by atoms with E-state index in [-0.39, 0.29) is 0 Å². The lowest BCUT2D eigenvalue weighted by Gasteiger charge is -2.30. The van der Waals surface area contributed by atoms with Crippen LogP contribution in [0.2, 0.25) is 0 Å². The first-order valence-electron chi connectivity index (χ1n) is 10.1. The van der Waals surface area contributed by atoms with Crippen LogP contribution in [0.1, 0.15) is 41.5 Å². The van der Waals surface area contributed by atoms with E-state index in [1.54, 1.807) is 7.11 Å². The maximum Gasteiger partial charge on any atom is 0.145 e. The Kier molecular flexibility index (Phi) is 4.74. The Morgan fingerprint density at radius 1 is 1.36 bits per heavy atom. The summed E-state index contributed by atoms with van der Waals surface area (Å²) in [6.45, 7) is 4.54. The molecule has 5 rings (SSSR count). The topological polar surface area (TPSA) is 59.5 Å². The minimum absolute atomic E-state index is 0.338. The second kappa shape index (κ2) is 7.53. The van der Waals surface area contributed by atoms with Gasteiger partial charge in [0.2, 0.25) is 0 Å². The lowest BCUT2D eigenvalue weighted by Crippen LogP contribution is -2.34. The van der Waals surface area contributed by atoms with Gasteiger partial charge in [0, 0.05) is 49.1 Å². The fourth-order valence-electron chi connectivity index (χ4n) is 4.31. The number of hydrogen-bond donors (Lipinski definition) is 1. The Hall–Kier alpha value is -2.44. The van der Waals surface area contributed by atoms with E-state index in [1.165, 1.54) is 23.3 Å². The van der Waals surface area contributed by atoms with Crippen molar-refractivity contribution < 1.29 is 9.47 Å². The minimum Gasteiger partial charge on any atom is -0.497 e. The Bertz CT molecular complexity index is 905. The van der Waals surface area contributed by atoms with Crippen molar-refractivity contribution in [2.45, 2.75) is 31.8 Å². The molecule has 1 aromatic heterocycles. The van der Waals surface area contributed by atoms with Crippen LogP contribution in [0.4, 0.5) is 0 Å². The van der Waals surface area contributed by atoms with Gasteiger partial charge >= 0.3 is 0 Å². The summed E-state index contributed by atoms with van der Waals surface area (Å²) >= 11 is 0. The molecule has 0 saturated carbocycles. The lowest BCUT2D eigenvalue weighted by molar-refractivity contribution is 0.254. The van der Waals surface area contributed by atoms with Gasteiger partial charge in [0.25, 0.3) is 0 Å². The number of benzene rings is 1. The average molecular weight is 378 g/mol. The molecule has 1 saturated heterocycles. The van der Waals surface area contributed by atoms with Crippen LogP contribution in [0.15, 0.2) is 30.0 Å². The first-order valence-corrected chi connectivity index (χ1v) is 10.1. The van der Waals surface area contributed by atoms with Crippen molar-refractivity contribution in [3.05, 3.63) is 52.6 Å². The molecular formula is C22H26N4O2. The van der Waals surface area contributed by atoms with Crippen molar-refractivity contribution in [3.8, 4) is 11.5 Å². The van der Waals surface area contributed by atoms with E-state index in [0.29, 0.717) is 12.6 Å². The molecule has 0 bridgehead atoms. The van der Waals surface area contributed by atoms with Crippen LogP contribution in [0.3, 0.4) is 0 Å². The Morgan fingerprint density at radius 3 is 3.18 bits per heavy atom. The van der Waals surface area contributed by atoms with Gasteiger partial charge in [-0.05, 0) is 49.2 Å². The molecule has 3 aliphatic heterocycles. The molecule has 146 valence electrons. The summed E-state index contributed by atoms with van der Waals surface area (Å²) in [5.74, 6) is 2.75. The van der Waals surface area contributed by atoms with Gasteiger partial charge in [-0.2, -0.15) is 0 Å². The van der Waals surface area contributed by atoms with Crippen molar-refractivity contribution in [2.75, 3.05) is 33.4 Å². The van der Waals surface area contributed by atoms with Crippen molar-refractivity contribution in [1.82, 2.24) is 20.2 Å². The lowest BCUT2D eigenvalue weighted by atomic mass is 10.0. The number of rotatable bonds is 4. The van der Waals surface area contributed by atoms with E-state index in [9.17, 15) is 0 Å². The number of methoxy groups -OCH3 is 1. The highest BCUT2D eigenvalue weighted by Crippen LogP contribution is 2.31. The predicted molar refractivity (Wildman–Crippen MR) is 107 cm³/mol. The number of nitrogens with one attached hydrogen (secondary N) is 1. The van der Waals surface area contributed by atoms with Gasteiger partial charge in [0.05, 0.1) is 13.2 Å². The molecule has 3 aliphatic rings. The van der Waals surface area contributed by atoms with Gasteiger partial charge in [0.1, 0.15) is 23.9 Å². The zero-order chi connectivity index (χ0) is 18.9. The summed E-state index contributed by atoms with van der Waals surface area (Å²) in [4.78, 5) is 12.0. The first-order chi connectivity index (χ1) is 13.8. The molecule has 1 atom stereocenters. The average Bonchev–Trinajstić information content (AvgIpc) is 3.28. The monoisotopic (exact) mass is 378 g/mol. The molecule has 1 N–H and O–H groups in total. The second-order valence-corrected chi connectivity index (χ2v) is 7.80. The largest absolute Gasteiger partial charge is 0.497 e. The molecule has 0 amide bonds. The summed E-state index contributed by atoms with van der Waals surface area (Å²) in [5, 5.41) is 3.49. The maximum absolute atomic E-state index is 5.94. The second-order valence-electron chi connectivity index (χ2n) is 7.80. The van der Waals surface area contributed by atoms with Gasteiger partial charge in [0.15, 0.2) is 0 Å². The third-order valence-corrected chi connectivity index (χ3v) is 5.82. The highest BCUT2D eigenvalue weighted by atomic mass is 16.5. The molecule has 0 radical (unpaired) electrons. The van der Waals surface area contributed by atoms with Crippen LogP contribution in [0, 0.1) is 0 Å². The predicted octanol–water partition coefficient (Wildman–Crippen LogP) is 2.74. The molecule has 6 heteroatoms. The number of fused-ring (bicyclic) bond motifs is 2. The van der Waals surface area contributed by atoms with Crippen LogP contribution in [0.25, 0.3) is 6.08 Å². The molecular weight excluding hydrogens is 352 g/mol. The fraction of sp³-hybridized carbons (Fsp3) is 0.455. The molecule has 2 aromatic rings. The highest BCUT2D eigenvalue weighted by Gasteiger charge is 2.24. The van der Waals surface area contributed by atoms with E-state index >= 15 is 0 Å². The van der Waals surface area contributed by atoms with Gasteiger partial charge < -0.3 is 14.8 Å². The number of aromatic nitrogens is 2. The van der Waals surface area contributed by atoms with Crippen LogP contribution < -0.4 is 14.8 Å². The standard InChI is InChI=1S/C22H26N4O2/c1-27-18-4-5-21-16(10-18)9-15(14-28-21)12-26-8-6-19-17(13-26)11-24-22(25-19)20-3-2-7-23-20/h4-5,9-11,20,23H,2-3,6-8,12-14H2,1H3/t20-/m0/s1. The van der Waals surface area contributed by atoms with Gasteiger partial charge in [-0.15, -0.1) is 0 Å². The highest BCUT2D eigenvalue weighted by molar-refractivity contribution is 5.64. The maximum atomic E-state index is 5.94. The summed E-state index contributed by atoms with van der Waals surface area (Å²) in [7, 11) is 1.69. The van der Waals surface area contributed by atoms with Crippen LogP contribution in [-0.4, -0.2) is 48.2 Å². The minimum atomic E-state index is 0.338. The van der Waals surface area contributed by atoms with Gasteiger partial charge in [-0.25, -0.2) is 9.97 Å². The summed E-state index contributed by atoms with van der Waals surface area (Å²) in [6, 6.07) is 6.29. The Morgan fingerprint density at radius 2 is 2.32 bits per heavy atom. The molecule has 0 aliphatic carbocycles. The van der Waals surface area contributed by atoms with Gasteiger partial charge in [-0.1, -0.05) is 0 Å². The van der Waals surface area contributed by atoms with E-state index in [2.05, 4.69) is 21.3 Å². The normalized spacial score (nSPS) is 21.5. The zero-order valence-corrected chi connectivity index (χ0v) is 16.3. The third kappa shape index (κ3) is 3.50. The van der Waals surface area contributed by atoms with E-state index in [0.717, 1.165) is 61.9 Å². The number of hydrogen-bond acceptors (Lipinski definition) is 6. The zero-order valence-electron chi connectivity index (χ0n) is 16.3. The van der Waals surface area contributed by atoms with Crippen LogP contribution in [0.5, 0.6) is 11.5 Å². The molecule has 1 fully saturated rings. The quantitative estimate of drug-likeness (QED) is 0.883. The number of ether oxygens (including phenoxy) is 2. The summed E-state index contributed by atoms with van der Waals surface area (Å²) in [5.41, 5.74) is 4.86. The summed E-state index contributed by atoms with van der Waals surface area (Å²) in [6.07, 6.45) is 7.62. The summed E-state index contributed by atoms with van der Waals surface area (Å²) < 4.78 is 11.3. The van der Waals surface area contributed by atoms with Crippen molar-refractivity contribution in [1.29, 1.82) is 0 Å².